The van der Waals surface area contributed by atoms with Crippen LogP contribution in [0.25, 0.3) is 0 Å². The molecule has 1 atom stereocenters. The molecule has 1 aromatic rings. The fourth-order valence-electron chi connectivity index (χ4n) is 2.80. The quantitative estimate of drug-likeness (QED) is 0.451. The van der Waals surface area contributed by atoms with E-state index in [1.807, 2.05) is 6.92 Å². The Bertz CT molecular complexity index is 557. The molecule has 25 heavy (non-hydrogen) atoms. The van der Waals surface area contributed by atoms with Crippen LogP contribution >= 0.6 is 0 Å². The van der Waals surface area contributed by atoms with Crippen molar-refractivity contribution in [3.05, 3.63) is 35.4 Å². The molecule has 0 aliphatic rings. The SMILES string of the molecule is CCCCOC(=O)c1ccccc1C(=O)OCCC(C)CC(C)(C)C. The van der Waals surface area contributed by atoms with Crippen molar-refractivity contribution in [3.8, 4) is 0 Å². The second-order valence-electron chi connectivity index (χ2n) is 7.83. The molecule has 1 unspecified atom stereocenters. The number of benzene rings is 1. The largest absolute Gasteiger partial charge is 0.462 e. The molecule has 0 fully saturated rings. The van der Waals surface area contributed by atoms with Crippen molar-refractivity contribution in [2.75, 3.05) is 13.2 Å². The van der Waals surface area contributed by atoms with Crippen molar-refractivity contribution in [1.82, 2.24) is 0 Å². The Labute approximate surface area is 151 Å². The van der Waals surface area contributed by atoms with Gasteiger partial charge in [0.1, 0.15) is 0 Å². The predicted octanol–water partition coefficient (Wildman–Crippen LogP) is 5.26. The second kappa shape index (κ2) is 10.2. The third-order valence-electron chi connectivity index (χ3n) is 3.90. The van der Waals surface area contributed by atoms with Crippen molar-refractivity contribution in [1.29, 1.82) is 0 Å². The molecule has 0 spiro atoms. The van der Waals surface area contributed by atoms with E-state index in [1.165, 1.54) is 0 Å². The molecule has 0 saturated heterocycles. The van der Waals surface area contributed by atoms with Crippen LogP contribution < -0.4 is 0 Å². The third-order valence-corrected chi connectivity index (χ3v) is 3.90. The van der Waals surface area contributed by atoms with Gasteiger partial charge in [0.05, 0.1) is 24.3 Å². The van der Waals surface area contributed by atoms with Crippen molar-refractivity contribution < 1.29 is 19.1 Å². The van der Waals surface area contributed by atoms with Gasteiger partial charge in [0.25, 0.3) is 0 Å². The lowest BCUT2D eigenvalue weighted by molar-refractivity contribution is 0.0440. The van der Waals surface area contributed by atoms with Gasteiger partial charge in [0, 0.05) is 0 Å². The van der Waals surface area contributed by atoms with Crippen molar-refractivity contribution in [3.63, 3.8) is 0 Å². The smallest absolute Gasteiger partial charge is 0.339 e. The highest BCUT2D eigenvalue weighted by Gasteiger charge is 2.20. The molecule has 1 rings (SSSR count). The first-order valence-electron chi connectivity index (χ1n) is 9.18. The summed E-state index contributed by atoms with van der Waals surface area (Å²) in [4.78, 5) is 24.5. The molecule has 1 aromatic carbocycles. The standard InChI is InChI=1S/C21H32O4/c1-6-7-13-24-19(22)17-10-8-9-11-18(17)20(23)25-14-12-16(2)15-21(3,4)5/h8-11,16H,6-7,12-15H2,1-5H3. The number of hydrogen-bond donors (Lipinski definition) is 0. The van der Waals surface area contributed by atoms with E-state index in [-0.39, 0.29) is 16.5 Å². The van der Waals surface area contributed by atoms with E-state index in [4.69, 9.17) is 9.47 Å². The summed E-state index contributed by atoms with van der Waals surface area (Å²) >= 11 is 0. The zero-order valence-corrected chi connectivity index (χ0v) is 16.3. The Morgan fingerprint density at radius 1 is 1.00 bits per heavy atom. The Balaban J connectivity index is 2.59. The highest BCUT2D eigenvalue weighted by atomic mass is 16.5. The van der Waals surface area contributed by atoms with E-state index < -0.39 is 11.9 Å². The van der Waals surface area contributed by atoms with E-state index >= 15 is 0 Å². The lowest BCUT2D eigenvalue weighted by Crippen LogP contribution is -2.17. The number of esters is 2. The van der Waals surface area contributed by atoms with Gasteiger partial charge in [0.15, 0.2) is 0 Å². The summed E-state index contributed by atoms with van der Waals surface area (Å²) in [6.45, 7) is 11.5. The van der Waals surface area contributed by atoms with Gasteiger partial charge in [-0.2, -0.15) is 0 Å². The van der Waals surface area contributed by atoms with Gasteiger partial charge < -0.3 is 9.47 Å². The summed E-state index contributed by atoms with van der Waals surface area (Å²) in [5.74, 6) is -0.463. The molecule has 0 aromatic heterocycles. The molecule has 0 heterocycles. The van der Waals surface area contributed by atoms with Crippen LogP contribution in [-0.4, -0.2) is 25.2 Å². The Morgan fingerprint density at radius 2 is 1.52 bits per heavy atom. The van der Waals surface area contributed by atoms with Gasteiger partial charge >= 0.3 is 11.9 Å². The van der Waals surface area contributed by atoms with E-state index in [0.717, 1.165) is 25.7 Å². The van der Waals surface area contributed by atoms with Crippen LogP contribution in [-0.2, 0) is 9.47 Å². The molecule has 0 radical (unpaired) electrons. The number of unbranched alkanes of at least 4 members (excludes halogenated alkanes) is 1. The minimum absolute atomic E-state index is 0.262. The normalized spacial score (nSPS) is 12.5. The number of ether oxygens (including phenoxy) is 2. The van der Waals surface area contributed by atoms with Crippen LogP contribution in [0.2, 0.25) is 0 Å². The molecule has 0 aliphatic heterocycles. The Hall–Kier alpha value is -1.84. The fraction of sp³-hybridized carbons (Fsp3) is 0.619. The summed E-state index contributed by atoms with van der Waals surface area (Å²) in [7, 11) is 0. The topological polar surface area (TPSA) is 52.6 Å². The van der Waals surface area contributed by atoms with Gasteiger partial charge in [0.2, 0.25) is 0 Å². The minimum Gasteiger partial charge on any atom is -0.462 e. The monoisotopic (exact) mass is 348 g/mol. The van der Waals surface area contributed by atoms with Crippen LogP contribution in [0.5, 0.6) is 0 Å². The van der Waals surface area contributed by atoms with Crippen molar-refractivity contribution >= 4 is 11.9 Å². The van der Waals surface area contributed by atoms with E-state index in [2.05, 4.69) is 27.7 Å². The Morgan fingerprint density at radius 3 is 2.00 bits per heavy atom. The van der Waals surface area contributed by atoms with Crippen LogP contribution in [0.1, 0.15) is 81.0 Å². The molecule has 0 saturated carbocycles. The summed E-state index contributed by atoms with van der Waals surface area (Å²) < 4.78 is 10.6. The number of hydrogen-bond acceptors (Lipinski definition) is 4. The lowest BCUT2D eigenvalue weighted by atomic mass is 9.84. The average molecular weight is 348 g/mol. The summed E-state index contributed by atoms with van der Waals surface area (Å²) in [5.41, 5.74) is 0.803. The first-order chi connectivity index (χ1) is 11.7. The molecular weight excluding hydrogens is 316 g/mol. The molecule has 0 N–H and O–H groups in total. The zero-order valence-electron chi connectivity index (χ0n) is 16.3. The van der Waals surface area contributed by atoms with E-state index in [9.17, 15) is 9.59 Å². The van der Waals surface area contributed by atoms with Gasteiger partial charge in [-0.25, -0.2) is 9.59 Å². The maximum absolute atomic E-state index is 12.3. The van der Waals surface area contributed by atoms with Crippen LogP contribution in [0.4, 0.5) is 0 Å². The average Bonchev–Trinajstić information content (AvgIpc) is 2.53. The first kappa shape index (κ1) is 21.2. The lowest BCUT2D eigenvalue weighted by Gasteiger charge is -2.23. The fourth-order valence-corrected chi connectivity index (χ4v) is 2.80. The van der Waals surface area contributed by atoms with E-state index in [0.29, 0.717) is 19.1 Å². The maximum Gasteiger partial charge on any atom is 0.339 e. The maximum atomic E-state index is 12.3. The zero-order chi connectivity index (χ0) is 18.9. The van der Waals surface area contributed by atoms with Crippen LogP contribution in [0.15, 0.2) is 24.3 Å². The van der Waals surface area contributed by atoms with Gasteiger partial charge in [-0.15, -0.1) is 0 Å². The highest BCUT2D eigenvalue weighted by molar-refractivity contribution is 6.03. The molecule has 0 aliphatic carbocycles. The van der Waals surface area contributed by atoms with Crippen molar-refractivity contribution in [2.24, 2.45) is 11.3 Å². The predicted molar refractivity (Wildman–Crippen MR) is 99.8 cm³/mol. The molecule has 0 bridgehead atoms. The minimum atomic E-state index is -0.470. The summed E-state index contributed by atoms with van der Waals surface area (Å²) in [6.07, 6.45) is 3.64. The number of carbonyl (C=O) groups is 2. The molecule has 0 amide bonds. The Kier molecular flexibility index (Phi) is 8.67. The third kappa shape index (κ3) is 8.19. The first-order valence-corrected chi connectivity index (χ1v) is 9.18. The van der Waals surface area contributed by atoms with Gasteiger partial charge in [-0.1, -0.05) is 53.2 Å². The van der Waals surface area contributed by atoms with Crippen LogP contribution in [0, 0.1) is 11.3 Å². The second-order valence-corrected chi connectivity index (χ2v) is 7.83. The van der Waals surface area contributed by atoms with Gasteiger partial charge in [-0.05, 0) is 42.7 Å². The van der Waals surface area contributed by atoms with Crippen molar-refractivity contribution in [2.45, 2.75) is 60.3 Å². The van der Waals surface area contributed by atoms with Gasteiger partial charge in [-0.3, -0.25) is 0 Å². The number of carbonyl (C=O) groups excluding carboxylic acids is 2. The molecule has 4 nitrogen and oxygen atoms in total. The summed E-state index contributed by atoms with van der Waals surface area (Å²) in [5, 5.41) is 0. The molecular formula is C21H32O4. The van der Waals surface area contributed by atoms with Crippen LogP contribution in [0.3, 0.4) is 0 Å². The van der Waals surface area contributed by atoms with E-state index in [1.54, 1.807) is 24.3 Å². The number of rotatable bonds is 9. The molecule has 4 heteroatoms. The molecule has 140 valence electrons. The highest BCUT2D eigenvalue weighted by Crippen LogP contribution is 2.26. The summed E-state index contributed by atoms with van der Waals surface area (Å²) in [6, 6.07) is 6.66.